The third kappa shape index (κ3) is 5.88. The molecule has 0 N–H and O–H groups in total. The Bertz CT molecular complexity index is 2840. The van der Waals surface area contributed by atoms with Crippen LogP contribution in [0.2, 0.25) is 0 Å². The molecule has 0 atom stereocenters. The van der Waals surface area contributed by atoms with E-state index in [4.69, 9.17) is 0 Å². The maximum absolute atomic E-state index is 2.49. The number of hydrogen-bond acceptors (Lipinski definition) is 0. The van der Waals surface area contributed by atoms with Crippen molar-refractivity contribution >= 4 is 43.1 Å². The van der Waals surface area contributed by atoms with E-state index in [9.17, 15) is 0 Å². The molecular weight excluding hydrogens is 685 g/mol. The Morgan fingerprint density at radius 3 is 1.28 bits per heavy atom. The Kier molecular flexibility index (Phi) is 9.02. The van der Waals surface area contributed by atoms with Gasteiger partial charge in [0.25, 0.3) is 0 Å². The largest absolute Gasteiger partial charge is 0.0654 e. The van der Waals surface area contributed by atoms with E-state index in [1.165, 1.54) is 143 Å². The normalized spacial score (nSPS) is 13.1. The first-order valence-corrected chi connectivity index (χ1v) is 21.3. The van der Waals surface area contributed by atoms with Crippen LogP contribution in [0, 0.1) is 0 Å². The van der Waals surface area contributed by atoms with E-state index >= 15 is 0 Å². The predicted octanol–water partition coefficient (Wildman–Crippen LogP) is 16.5. The summed E-state index contributed by atoms with van der Waals surface area (Å²) in [6, 6.07) is 62.2. The zero-order valence-corrected chi connectivity index (χ0v) is 33.5. The molecule has 0 aliphatic heterocycles. The van der Waals surface area contributed by atoms with E-state index in [2.05, 4.69) is 185 Å². The summed E-state index contributed by atoms with van der Waals surface area (Å²) < 4.78 is 0. The van der Waals surface area contributed by atoms with Gasteiger partial charge in [0.1, 0.15) is 0 Å². The van der Waals surface area contributed by atoms with Gasteiger partial charge in [-0.1, -0.05) is 211 Å². The standard InChI is InChI=1S/C57H50/c1-4-5-6-7-8-9-20-38-31-33-39(34-32-38)53-43-22-10-14-26-47(43)55(48-27-15-11-23-44(48)53)56-49-28-16-12-24-45(49)54(46-25-13-17-29-50(46)56)40-35-36-42-41-21-18-19-30-51(41)57(2,3)52(42)37-40/h10-19,21-37H,4-9,20H2,1-3H3. The predicted molar refractivity (Wildman–Crippen MR) is 247 cm³/mol. The van der Waals surface area contributed by atoms with Crippen LogP contribution in [-0.4, -0.2) is 0 Å². The second-order valence-electron chi connectivity index (χ2n) is 16.8. The number of aryl methyl sites for hydroxylation is 1. The molecule has 0 unspecified atom stereocenters. The Hall–Kier alpha value is -5.98. The minimum Gasteiger partial charge on any atom is -0.0654 e. The summed E-state index contributed by atoms with van der Waals surface area (Å²) in [7, 11) is 0. The highest BCUT2D eigenvalue weighted by Crippen LogP contribution is 2.53. The molecule has 10 rings (SSSR count). The molecule has 0 saturated carbocycles. The molecule has 0 saturated heterocycles. The van der Waals surface area contributed by atoms with Crippen molar-refractivity contribution in [2.45, 2.75) is 71.1 Å². The van der Waals surface area contributed by atoms with Gasteiger partial charge in [0, 0.05) is 5.41 Å². The molecule has 9 aromatic rings. The first-order valence-electron chi connectivity index (χ1n) is 21.3. The minimum absolute atomic E-state index is 0.0682. The third-order valence-corrected chi connectivity index (χ3v) is 13.0. The summed E-state index contributed by atoms with van der Waals surface area (Å²) in [6.07, 6.45) is 9.12. The molecule has 278 valence electrons. The van der Waals surface area contributed by atoms with Gasteiger partial charge >= 0.3 is 0 Å². The van der Waals surface area contributed by atoms with Crippen LogP contribution in [0.25, 0.3) is 87.6 Å². The number of hydrogen-bond donors (Lipinski definition) is 0. The lowest BCUT2D eigenvalue weighted by molar-refractivity contribution is 0.607. The Balaban J connectivity index is 1.17. The molecule has 0 amide bonds. The smallest absolute Gasteiger partial charge is 0.0159 e. The number of benzene rings is 9. The fourth-order valence-electron chi connectivity index (χ4n) is 10.2. The van der Waals surface area contributed by atoms with Crippen LogP contribution in [0.1, 0.15) is 76.0 Å². The summed E-state index contributed by atoms with van der Waals surface area (Å²) in [6.45, 7) is 7.05. The minimum atomic E-state index is -0.0682. The van der Waals surface area contributed by atoms with Crippen molar-refractivity contribution in [1.29, 1.82) is 0 Å². The van der Waals surface area contributed by atoms with Gasteiger partial charge in [-0.05, 0) is 123 Å². The molecule has 0 spiro atoms. The third-order valence-electron chi connectivity index (χ3n) is 13.0. The molecular formula is C57H50. The zero-order valence-electron chi connectivity index (χ0n) is 33.5. The van der Waals surface area contributed by atoms with Gasteiger partial charge in [0.15, 0.2) is 0 Å². The van der Waals surface area contributed by atoms with E-state index in [1.54, 1.807) is 0 Å². The van der Waals surface area contributed by atoms with E-state index in [-0.39, 0.29) is 5.41 Å². The number of fused-ring (bicyclic) bond motifs is 7. The fourth-order valence-corrected chi connectivity index (χ4v) is 10.2. The van der Waals surface area contributed by atoms with Crippen molar-refractivity contribution in [3.8, 4) is 44.5 Å². The van der Waals surface area contributed by atoms with Crippen molar-refractivity contribution in [1.82, 2.24) is 0 Å². The van der Waals surface area contributed by atoms with Crippen molar-refractivity contribution in [2.75, 3.05) is 0 Å². The summed E-state index contributed by atoms with van der Waals surface area (Å²) in [5, 5.41) is 10.3. The maximum Gasteiger partial charge on any atom is 0.0159 e. The van der Waals surface area contributed by atoms with Gasteiger partial charge in [0.05, 0.1) is 0 Å². The summed E-state index contributed by atoms with van der Waals surface area (Å²) in [5.74, 6) is 0. The van der Waals surface area contributed by atoms with Gasteiger partial charge < -0.3 is 0 Å². The van der Waals surface area contributed by atoms with Gasteiger partial charge in [-0.3, -0.25) is 0 Å². The average Bonchev–Trinajstić information content (AvgIpc) is 3.49. The quantitative estimate of drug-likeness (QED) is 0.0969. The van der Waals surface area contributed by atoms with Crippen LogP contribution in [0.5, 0.6) is 0 Å². The lowest BCUT2D eigenvalue weighted by Gasteiger charge is -2.24. The highest BCUT2D eigenvalue weighted by Gasteiger charge is 2.35. The molecule has 0 bridgehead atoms. The molecule has 0 heteroatoms. The summed E-state index contributed by atoms with van der Waals surface area (Å²) in [5.41, 5.74) is 14.7. The van der Waals surface area contributed by atoms with Gasteiger partial charge in [-0.15, -0.1) is 0 Å². The van der Waals surface area contributed by atoms with Crippen LogP contribution in [-0.2, 0) is 11.8 Å². The van der Waals surface area contributed by atoms with Gasteiger partial charge in [0.2, 0.25) is 0 Å². The van der Waals surface area contributed by atoms with Crippen molar-refractivity contribution in [3.05, 3.63) is 180 Å². The molecule has 1 aliphatic carbocycles. The summed E-state index contributed by atoms with van der Waals surface area (Å²) >= 11 is 0. The monoisotopic (exact) mass is 734 g/mol. The molecule has 57 heavy (non-hydrogen) atoms. The lowest BCUT2D eigenvalue weighted by Crippen LogP contribution is -2.14. The van der Waals surface area contributed by atoms with E-state index in [0.717, 1.165) is 6.42 Å². The van der Waals surface area contributed by atoms with Crippen molar-refractivity contribution in [2.24, 2.45) is 0 Å². The molecule has 0 nitrogen and oxygen atoms in total. The van der Waals surface area contributed by atoms with Crippen LogP contribution >= 0.6 is 0 Å². The first kappa shape index (κ1) is 35.4. The Labute approximate surface area is 337 Å². The molecule has 0 fully saturated rings. The van der Waals surface area contributed by atoms with E-state index < -0.39 is 0 Å². The molecule has 0 heterocycles. The van der Waals surface area contributed by atoms with E-state index in [0.29, 0.717) is 0 Å². The molecule has 9 aromatic carbocycles. The SMILES string of the molecule is CCCCCCCCc1ccc(-c2c3ccccc3c(-c3c4ccccc4c(-c4ccc5c(c4)C(C)(C)c4ccccc4-5)c4ccccc34)c3ccccc23)cc1. The van der Waals surface area contributed by atoms with E-state index in [1.807, 2.05) is 0 Å². The number of rotatable bonds is 10. The second-order valence-corrected chi connectivity index (χ2v) is 16.8. The zero-order chi connectivity index (χ0) is 38.5. The maximum atomic E-state index is 2.49. The second kappa shape index (κ2) is 14.5. The van der Waals surface area contributed by atoms with Crippen LogP contribution in [0.3, 0.4) is 0 Å². The Morgan fingerprint density at radius 2 is 0.754 bits per heavy atom. The van der Waals surface area contributed by atoms with Crippen LogP contribution in [0.4, 0.5) is 0 Å². The Morgan fingerprint density at radius 1 is 0.351 bits per heavy atom. The van der Waals surface area contributed by atoms with Crippen LogP contribution in [0.15, 0.2) is 164 Å². The highest BCUT2D eigenvalue weighted by atomic mass is 14.4. The summed E-state index contributed by atoms with van der Waals surface area (Å²) in [4.78, 5) is 0. The molecule has 0 radical (unpaired) electrons. The van der Waals surface area contributed by atoms with Crippen LogP contribution < -0.4 is 0 Å². The fraction of sp³-hybridized carbons (Fsp3) is 0.193. The molecule has 1 aliphatic rings. The lowest BCUT2D eigenvalue weighted by atomic mass is 9.79. The molecule has 0 aromatic heterocycles. The topological polar surface area (TPSA) is 0 Å². The van der Waals surface area contributed by atoms with Gasteiger partial charge in [-0.2, -0.15) is 0 Å². The average molecular weight is 735 g/mol. The first-order chi connectivity index (χ1) is 28.0. The van der Waals surface area contributed by atoms with Gasteiger partial charge in [-0.25, -0.2) is 0 Å². The van der Waals surface area contributed by atoms with Crippen molar-refractivity contribution in [3.63, 3.8) is 0 Å². The highest BCUT2D eigenvalue weighted by molar-refractivity contribution is 6.30. The van der Waals surface area contributed by atoms with Crippen molar-refractivity contribution < 1.29 is 0 Å². The number of unbranched alkanes of at least 4 members (excludes halogenated alkanes) is 5.